The monoisotopic (exact) mass is 550 g/mol. The van der Waals surface area contributed by atoms with E-state index < -0.39 is 15.8 Å². The fourth-order valence-corrected chi connectivity index (χ4v) is 7.25. The van der Waals surface area contributed by atoms with Crippen molar-refractivity contribution in [3.63, 3.8) is 0 Å². The van der Waals surface area contributed by atoms with E-state index in [0.717, 1.165) is 52.8 Å². The Kier molecular flexibility index (Phi) is 6.83. The zero-order valence-corrected chi connectivity index (χ0v) is 22.4. The van der Waals surface area contributed by atoms with E-state index in [0.29, 0.717) is 30.6 Å². The molecule has 3 aromatic carbocycles. The third-order valence-corrected chi connectivity index (χ3v) is 9.86. The number of aryl methyl sites for hydroxylation is 2. The lowest BCUT2D eigenvalue weighted by atomic mass is 9.94. The molecule has 3 aliphatic rings. The van der Waals surface area contributed by atoms with E-state index in [4.69, 9.17) is 14.6 Å². The molecule has 2 aliphatic carbocycles. The molecule has 1 N–H and O–H groups in total. The summed E-state index contributed by atoms with van der Waals surface area (Å²) in [6.07, 6.45) is 4.11. The standard InChI is InChI=1S/C31H31FO6S/c32-30-16-21-3-1-2-20-14-25(38-24-10-12-39(35,36)13-11-24)8-9-26(20)27(21)15-22(30)18-37-23-6-4-19(5-7-23)28-17-29(28)31(33)34/h4-9,14-16,24,28-29H,1-3,10-13,17-18H2,(H,33,34). The van der Waals surface area contributed by atoms with E-state index in [-0.39, 0.29) is 41.9 Å². The molecule has 0 amide bonds. The first-order valence-corrected chi connectivity index (χ1v) is 15.3. The predicted molar refractivity (Wildman–Crippen MR) is 145 cm³/mol. The molecule has 1 saturated carbocycles. The van der Waals surface area contributed by atoms with Gasteiger partial charge in [-0.3, -0.25) is 4.79 Å². The highest BCUT2D eigenvalue weighted by Crippen LogP contribution is 2.47. The Labute approximate surface area is 227 Å². The van der Waals surface area contributed by atoms with E-state index in [1.54, 1.807) is 6.07 Å². The van der Waals surface area contributed by atoms with Crippen molar-refractivity contribution in [3.05, 3.63) is 82.7 Å². The van der Waals surface area contributed by atoms with Gasteiger partial charge in [0.2, 0.25) is 0 Å². The average Bonchev–Trinajstić information content (AvgIpc) is 3.73. The molecule has 0 spiro atoms. The number of benzene rings is 3. The van der Waals surface area contributed by atoms with Crippen LogP contribution >= 0.6 is 0 Å². The fraction of sp³-hybridized carbons (Fsp3) is 0.387. The van der Waals surface area contributed by atoms with Crippen molar-refractivity contribution in [1.82, 2.24) is 0 Å². The van der Waals surface area contributed by atoms with Gasteiger partial charge in [-0.2, -0.15) is 0 Å². The molecule has 6 nitrogen and oxygen atoms in total. The van der Waals surface area contributed by atoms with Crippen molar-refractivity contribution in [3.8, 4) is 22.6 Å². The molecule has 39 heavy (non-hydrogen) atoms. The molecule has 3 aromatic rings. The first kappa shape index (κ1) is 25.9. The number of rotatable bonds is 7. The molecule has 0 radical (unpaired) electrons. The van der Waals surface area contributed by atoms with Crippen LogP contribution in [0.15, 0.2) is 54.6 Å². The highest BCUT2D eigenvalue weighted by atomic mass is 32.2. The molecule has 204 valence electrons. The van der Waals surface area contributed by atoms with E-state index in [1.165, 1.54) is 0 Å². The number of hydrogen-bond acceptors (Lipinski definition) is 5. The normalized spacial score (nSPS) is 21.8. The Morgan fingerprint density at radius 3 is 2.31 bits per heavy atom. The van der Waals surface area contributed by atoms with Gasteiger partial charge in [0.15, 0.2) is 9.84 Å². The first-order valence-electron chi connectivity index (χ1n) is 13.5. The molecule has 2 fully saturated rings. The van der Waals surface area contributed by atoms with Crippen LogP contribution in [-0.2, 0) is 34.1 Å². The molecule has 1 heterocycles. The van der Waals surface area contributed by atoms with E-state index in [1.807, 2.05) is 48.5 Å². The van der Waals surface area contributed by atoms with Crippen LogP contribution in [0.3, 0.4) is 0 Å². The molecule has 6 rings (SSSR count). The second-order valence-corrected chi connectivity index (χ2v) is 13.2. The number of carboxylic acid groups (broad SMARTS) is 1. The summed E-state index contributed by atoms with van der Waals surface area (Å²) in [5.74, 6) is 0.402. The summed E-state index contributed by atoms with van der Waals surface area (Å²) in [6.45, 7) is 0.0841. The summed E-state index contributed by atoms with van der Waals surface area (Å²) < 4.78 is 50.6. The van der Waals surface area contributed by atoms with Gasteiger partial charge in [-0.1, -0.05) is 18.2 Å². The minimum Gasteiger partial charge on any atom is -0.490 e. The lowest BCUT2D eigenvalue weighted by Crippen LogP contribution is -2.30. The number of sulfone groups is 1. The predicted octanol–water partition coefficient (Wildman–Crippen LogP) is 5.70. The lowest BCUT2D eigenvalue weighted by molar-refractivity contribution is -0.138. The summed E-state index contributed by atoms with van der Waals surface area (Å²) in [5.41, 5.74) is 5.64. The largest absolute Gasteiger partial charge is 0.490 e. The van der Waals surface area contributed by atoms with Crippen LogP contribution in [0.1, 0.15) is 53.9 Å². The topological polar surface area (TPSA) is 89.9 Å². The van der Waals surface area contributed by atoms with E-state index in [2.05, 4.69) is 0 Å². The van der Waals surface area contributed by atoms with Crippen LogP contribution in [0, 0.1) is 11.7 Å². The molecule has 8 heteroatoms. The maximum absolute atomic E-state index is 15.1. The summed E-state index contributed by atoms with van der Waals surface area (Å²) in [5, 5.41) is 9.15. The number of hydrogen-bond donors (Lipinski definition) is 1. The summed E-state index contributed by atoms with van der Waals surface area (Å²) in [7, 11) is -2.94. The van der Waals surface area contributed by atoms with Gasteiger partial charge in [0.1, 0.15) is 30.0 Å². The maximum Gasteiger partial charge on any atom is 0.307 e. The Hall–Kier alpha value is -3.39. The van der Waals surface area contributed by atoms with Gasteiger partial charge in [-0.25, -0.2) is 12.8 Å². The van der Waals surface area contributed by atoms with Crippen LogP contribution in [0.5, 0.6) is 11.5 Å². The van der Waals surface area contributed by atoms with Gasteiger partial charge in [0.25, 0.3) is 0 Å². The van der Waals surface area contributed by atoms with Gasteiger partial charge in [-0.15, -0.1) is 0 Å². The Bertz CT molecular complexity index is 1500. The number of aliphatic carboxylic acids is 1. The molecule has 1 aliphatic heterocycles. The van der Waals surface area contributed by atoms with Crippen LogP contribution < -0.4 is 9.47 Å². The van der Waals surface area contributed by atoms with Gasteiger partial charge < -0.3 is 14.6 Å². The second-order valence-electron chi connectivity index (χ2n) is 10.9. The van der Waals surface area contributed by atoms with E-state index >= 15 is 4.39 Å². The van der Waals surface area contributed by atoms with Gasteiger partial charge in [-0.05, 0) is 109 Å². The molecular formula is C31H31FO6S. The fourth-order valence-electron chi connectivity index (χ4n) is 5.80. The quantitative estimate of drug-likeness (QED) is 0.406. The minimum absolute atomic E-state index is 0.0587. The van der Waals surface area contributed by atoms with Crippen molar-refractivity contribution in [2.75, 3.05) is 11.5 Å². The van der Waals surface area contributed by atoms with Crippen molar-refractivity contribution < 1.29 is 32.2 Å². The minimum atomic E-state index is -2.94. The first-order chi connectivity index (χ1) is 18.8. The number of carboxylic acids is 1. The van der Waals surface area contributed by atoms with Crippen molar-refractivity contribution >= 4 is 15.8 Å². The SMILES string of the molecule is O=C(O)C1CC1c1ccc(OCc2cc3c(cc2F)CCCc2cc(OC4CCS(=O)(=O)CC4)ccc2-3)cc1. The average molecular weight is 551 g/mol. The Balaban J connectivity index is 1.17. The lowest BCUT2D eigenvalue weighted by Gasteiger charge is -2.24. The van der Waals surface area contributed by atoms with Crippen LogP contribution in [-0.4, -0.2) is 37.1 Å². The number of fused-ring (bicyclic) bond motifs is 3. The Morgan fingerprint density at radius 2 is 1.62 bits per heavy atom. The number of halogens is 1. The molecule has 0 bridgehead atoms. The van der Waals surface area contributed by atoms with Gasteiger partial charge >= 0.3 is 5.97 Å². The van der Waals surface area contributed by atoms with Gasteiger partial charge in [0.05, 0.1) is 17.4 Å². The molecule has 2 atom stereocenters. The zero-order chi connectivity index (χ0) is 27.1. The van der Waals surface area contributed by atoms with Crippen molar-refractivity contribution in [2.24, 2.45) is 5.92 Å². The summed E-state index contributed by atoms with van der Waals surface area (Å²) in [6, 6.07) is 16.9. The summed E-state index contributed by atoms with van der Waals surface area (Å²) >= 11 is 0. The zero-order valence-electron chi connectivity index (χ0n) is 21.6. The van der Waals surface area contributed by atoms with Gasteiger partial charge in [0, 0.05) is 5.56 Å². The highest BCUT2D eigenvalue weighted by molar-refractivity contribution is 7.91. The number of ether oxygens (including phenoxy) is 2. The second kappa shape index (κ2) is 10.3. The van der Waals surface area contributed by atoms with Crippen LogP contribution in [0.4, 0.5) is 4.39 Å². The molecule has 1 saturated heterocycles. The number of carbonyl (C=O) groups is 1. The summed E-state index contributed by atoms with van der Waals surface area (Å²) in [4.78, 5) is 11.1. The third-order valence-electron chi connectivity index (χ3n) is 8.15. The van der Waals surface area contributed by atoms with Crippen molar-refractivity contribution in [2.45, 2.75) is 57.2 Å². The Morgan fingerprint density at radius 1 is 0.923 bits per heavy atom. The molecular weight excluding hydrogens is 519 g/mol. The van der Waals surface area contributed by atoms with Crippen LogP contribution in [0.25, 0.3) is 11.1 Å². The molecule has 2 unspecified atom stereocenters. The van der Waals surface area contributed by atoms with Crippen LogP contribution in [0.2, 0.25) is 0 Å². The highest BCUT2D eigenvalue weighted by Gasteiger charge is 2.44. The third kappa shape index (κ3) is 5.66. The van der Waals surface area contributed by atoms with Crippen molar-refractivity contribution in [1.29, 1.82) is 0 Å². The molecule has 0 aromatic heterocycles. The maximum atomic E-state index is 15.1. The van der Waals surface area contributed by atoms with E-state index in [9.17, 15) is 13.2 Å². The smallest absolute Gasteiger partial charge is 0.307 e.